The molecule has 2 amide bonds. The number of hydrazone groups is 1. The Morgan fingerprint density at radius 2 is 1.93 bits per heavy atom. The fourth-order valence-electron chi connectivity index (χ4n) is 1.91. The molecule has 27 heavy (non-hydrogen) atoms. The Bertz CT molecular complexity index is 856. The molecule has 2 aromatic carbocycles. The third-order valence-corrected chi connectivity index (χ3v) is 3.17. The zero-order valence-electron chi connectivity index (χ0n) is 14.2. The number of carbonyl (C=O) groups is 2. The number of ether oxygens (including phenoxy) is 2. The van der Waals surface area contributed by atoms with Gasteiger partial charge in [0.05, 0.1) is 6.21 Å². The smallest absolute Gasteiger partial charge is 0.281 e. The Balaban J connectivity index is 1.90. The molecule has 2 rings (SSSR count). The molecule has 3 N–H and O–H groups in total. The van der Waals surface area contributed by atoms with Crippen molar-refractivity contribution in [3.8, 4) is 23.8 Å². The lowest BCUT2D eigenvalue weighted by Gasteiger charge is -2.06. The third-order valence-electron chi connectivity index (χ3n) is 3.17. The molecule has 0 aromatic heterocycles. The van der Waals surface area contributed by atoms with Crippen LogP contribution in [-0.2, 0) is 4.79 Å². The van der Waals surface area contributed by atoms with E-state index in [-0.39, 0.29) is 13.2 Å². The minimum absolute atomic E-state index is 0.191. The second-order valence-corrected chi connectivity index (χ2v) is 5.11. The van der Waals surface area contributed by atoms with Crippen LogP contribution in [0.3, 0.4) is 0 Å². The van der Waals surface area contributed by atoms with Gasteiger partial charge in [0.25, 0.3) is 11.8 Å². The Morgan fingerprint density at radius 3 is 2.63 bits per heavy atom. The topological polar surface area (TPSA) is 109 Å². The standard InChI is InChI=1S/C19H17N3O5/c1-2-10-26-16-8-6-14(7-9-16)12-20-21-19(24)15-4-3-5-17(11-15)27-13-18(23)22-25/h1,3-9,11-12,25H,10,13H2,(H,21,24)(H,22,23)/b20-12+. The van der Waals surface area contributed by atoms with Crippen molar-refractivity contribution < 1.29 is 24.3 Å². The molecule has 0 aliphatic carbocycles. The van der Waals surface area contributed by atoms with E-state index < -0.39 is 11.8 Å². The van der Waals surface area contributed by atoms with Gasteiger partial charge in [-0.05, 0) is 48.0 Å². The van der Waals surface area contributed by atoms with E-state index in [9.17, 15) is 9.59 Å². The second kappa shape index (κ2) is 10.2. The zero-order valence-corrected chi connectivity index (χ0v) is 14.2. The Labute approximate surface area is 155 Å². The summed E-state index contributed by atoms with van der Waals surface area (Å²) in [4.78, 5) is 23.1. The number of nitrogens with zero attached hydrogens (tertiary/aromatic N) is 1. The summed E-state index contributed by atoms with van der Waals surface area (Å²) in [6.07, 6.45) is 6.60. The predicted octanol–water partition coefficient (Wildman–Crippen LogP) is 1.35. The number of terminal acetylenes is 1. The van der Waals surface area contributed by atoms with Crippen LogP contribution in [0.1, 0.15) is 15.9 Å². The van der Waals surface area contributed by atoms with Gasteiger partial charge in [-0.3, -0.25) is 14.8 Å². The summed E-state index contributed by atoms with van der Waals surface area (Å²) in [6, 6.07) is 13.2. The minimum Gasteiger partial charge on any atom is -0.484 e. The number of amides is 2. The lowest BCUT2D eigenvalue weighted by atomic mass is 10.2. The molecule has 2 aromatic rings. The Morgan fingerprint density at radius 1 is 1.15 bits per heavy atom. The molecule has 0 fully saturated rings. The number of hydroxylamine groups is 1. The summed E-state index contributed by atoms with van der Waals surface area (Å²) in [6.45, 7) is -0.183. The van der Waals surface area contributed by atoms with E-state index in [4.69, 9.17) is 21.1 Å². The molecule has 8 nitrogen and oxygen atoms in total. The van der Waals surface area contributed by atoms with Gasteiger partial charge in [0.15, 0.2) is 6.61 Å². The van der Waals surface area contributed by atoms with Crippen molar-refractivity contribution >= 4 is 18.0 Å². The molecule has 0 atom stereocenters. The molecular formula is C19H17N3O5. The summed E-state index contributed by atoms with van der Waals surface area (Å²) in [5.41, 5.74) is 4.91. The van der Waals surface area contributed by atoms with Crippen molar-refractivity contribution in [3.63, 3.8) is 0 Å². The average molecular weight is 367 g/mol. The maximum absolute atomic E-state index is 12.1. The van der Waals surface area contributed by atoms with E-state index >= 15 is 0 Å². The van der Waals surface area contributed by atoms with Gasteiger partial charge >= 0.3 is 0 Å². The lowest BCUT2D eigenvalue weighted by molar-refractivity contribution is -0.131. The largest absolute Gasteiger partial charge is 0.484 e. The van der Waals surface area contributed by atoms with Crippen molar-refractivity contribution in [1.29, 1.82) is 0 Å². The quantitative estimate of drug-likeness (QED) is 0.282. The van der Waals surface area contributed by atoms with Crippen LogP contribution in [0.25, 0.3) is 0 Å². The molecule has 0 saturated heterocycles. The summed E-state index contributed by atoms with van der Waals surface area (Å²) in [7, 11) is 0. The fraction of sp³-hybridized carbons (Fsp3) is 0.105. The molecule has 0 aliphatic rings. The number of rotatable bonds is 8. The van der Waals surface area contributed by atoms with Crippen LogP contribution in [-0.4, -0.2) is 36.4 Å². The highest BCUT2D eigenvalue weighted by molar-refractivity contribution is 5.95. The van der Waals surface area contributed by atoms with E-state index in [2.05, 4.69) is 16.4 Å². The van der Waals surface area contributed by atoms with E-state index in [1.807, 2.05) is 0 Å². The van der Waals surface area contributed by atoms with Crippen LogP contribution < -0.4 is 20.4 Å². The van der Waals surface area contributed by atoms with Gasteiger partial charge in [-0.25, -0.2) is 10.9 Å². The highest BCUT2D eigenvalue weighted by Gasteiger charge is 2.07. The first-order valence-electron chi connectivity index (χ1n) is 7.78. The van der Waals surface area contributed by atoms with Crippen LogP contribution >= 0.6 is 0 Å². The summed E-state index contributed by atoms with van der Waals surface area (Å²) in [5, 5.41) is 12.3. The maximum Gasteiger partial charge on any atom is 0.281 e. The number of benzene rings is 2. The summed E-state index contributed by atoms with van der Waals surface area (Å²) < 4.78 is 10.4. The van der Waals surface area contributed by atoms with E-state index in [0.717, 1.165) is 5.56 Å². The monoisotopic (exact) mass is 367 g/mol. The van der Waals surface area contributed by atoms with Gasteiger partial charge in [0.2, 0.25) is 0 Å². The molecule has 0 heterocycles. The first kappa shape index (κ1) is 19.5. The molecule has 8 heteroatoms. The van der Waals surface area contributed by atoms with Crippen LogP contribution in [0.2, 0.25) is 0 Å². The van der Waals surface area contributed by atoms with Gasteiger partial charge in [-0.1, -0.05) is 12.0 Å². The lowest BCUT2D eigenvalue weighted by Crippen LogP contribution is -2.25. The van der Waals surface area contributed by atoms with Gasteiger partial charge in [0, 0.05) is 5.56 Å². The van der Waals surface area contributed by atoms with Crippen molar-refractivity contribution in [2.45, 2.75) is 0 Å². The van der Waals surface area contributed by atoms with E-state index in [0.29, 0.717) is 17.1 Å². The van der Waals surface area contributed by atoms with E-state index in [1.54, 1.807) is 42.5 Å². The van der Waals surface area contributed by atoms with E-state index in [1.165, 1.54) is 17.8 Å². The normalized spacial score (nSPS) is 10.1. The van der Waals surface area contributed by atoms with Gasteiger partial charge < -0.3 is 9.47 Å². The summed E-state index contributed by atoms with van der Waals surface area (Å²) >= 11 is 0. The van der Waals surface area contributed by atoms with Crippen molar-refractivity contribution in [2.75, 3.05) is 13.2 Å². The van der Waals surface area contributed by atoms with Crippen LogP contribution in [0, 0.1) is 12.3 Å². The van der Waals surface area contributed by atoms with Crippen molar-refractivity contribution in [2.24, 2.45) is 5.10 Å². The highest BCUT2D eigenvalue weighted by atomic mass is 16.5. The number of nitrogens with one attached hydrogen (secondary N) is 2. The molecule has 0 spiro atoms. The second-order valence-electron chi connectivity index (χ2n) is 5.11. The van der Waals surface area contributed by atoms with Crippen LogP contribution in [0.5, 0.6) is 11.5 Å². The third kappa shape index (κ3) is 6.53. The number of hydrogen-bond acceptors (Lipinski definition) is 6. The average Bonchev–Trinajstić information content (AvgIpc) is 2.71. The Hall–Kier alpha value is -3.83. The first-order chi connectivity index (χ1) is 13.1. The summed E-state index contributed by atoms with van der Waals surface area (Å²) in [5.74, 6) is 2.17. The molecule has 0 aliphatic heterocycles. The highest BCUT2D eigenvalue weighted by Crippen LogP contribution is 2.13. The first-order valence-corrected chi connectivity index (χ1v) is 7.78. The Kier molecular flexibility index (Phi) is 7.38. The molecule has 0 unspecified atom stereocenters. The minimum atomic E-state index is -0.704. The molecule has 0 radical (unpaired) electrons. The predicted molar refractivity (Wildman–Crippen MR) is 97.7 cm³/mol. The molecule has 0 bridgehead atoms. The molecule has 138 valence electrons. The maximum atomic E-state index is 12.1. The molecule has 0 saturated carbocycles. The van der Waals surface area contributed by atoms with Gasteiger partial charge in [-0.2, -0.15) is 5.10 Å². The van der Waals surface area contributed by atoms with Gasteiger partial charge in [-0.15, -0.1) is 6.42 Å². The fourth-order valence-corrected chi connectivity index (χ4v) is 1.91. The zero-order chi connectivity index (χ0) is 19.5. The van der Waals surface area contributed by atoms with Crippen molar-refractivity contribution in [1.82, 2.24) is 10.9 Å². The number of hydrogen-bond donors (Lipinski definition) is 3. The van der Waals surface area contributed by atoms with Crippen molar-refractivity contribution in [3.05, 3.63) is 59.7 Å². The van der Waals surface area contributed by atoms with Crippen LogP contribution in [0.4, 0.5) is 0 Å². The number of carbonyl (C=O) groups excluding carboxylic acids is 2. The molecular weight excluding hydrogens is 350 g/mol. The van der Waals surface area contributed by atoms with Crippen LogP contribution in [0.15, 0.2) is 53.6 Å². The SMILES string of the molecule is C#CCOc1ccc(/C=N/NC(=O)c2cccc(OCC(=O)NO)c2)cc1. The van der Waals surface area contributed by atoms with Gasteiger partial charge in [0.1, 0.15) is 18.1 Å².